The molecule has 0 spiro atoms. The number of carbonyl (C=O) groups is 2. The van der Waals surface area contributed by atoms with Gasteiger partial charge in [0.05, 0.1) is 13.7 Å². The number of nitrogens with zero attached hydrogens (tertiary/aromatic N) is 1. The van der Waals surface area contributed by atoms with E-state index in [0.717, 1.165) is 34.9 Å². The van der Waals surface area contributed by atoms with Gasteiger partial charge in [0.2, 0.25) is 5.91 Å². The first-order valence-electron chi connectivity index (χ1n) is 7.71. The summed E-state index contributed by atoms with van der Waals surface area (Å²) in [7, 11) is -1.06. The van der Waals surface area contributed by atoms with Crippen LogP contribution in [0.5, 0.6) is 0 Å². The number of rotatable bonds is 6. The predicted octanol–water partition coefficient (Wildman–Crippen LogP) is 1.36. The molecule has 9 heteroatoms. The predicted molar refractivity (Wildman–Crippen MR) is 90.1 cm³/mol. The summed E-state index contributed by atoms with van der Waals surface area (Å²) in [6.07, 6.45) is 3.65. The summed E-state index contributed by atoms with van der Waals surface area (Å²) in [5, 5.41) is 4.38. The van der Waals surface area contributed by atoms with Gasteiger partial charge in [-0.15, -0.1) is 11.3 Å². The fourth-order valence-corrected chi connectivity index (χ4v) is 5.22. The third-order valence-electron chi connectivity index (χ3n) is 4.19. The summed E-state index contributed by atoms with van der Waals surface area (Å²) < 4.78 is 30.7. The van der Waals surface area contributed by atoms with Crippen LogP contribution in [0, 0.1) is 0 Å². The van der Waals surface area contributed by atoms with E-state index in [0.29, 0.717) is 12.8 Å². The molecule has 1 aliphatic rings. The second-order valence-corrected chi connectivity index (χ2v) is 9.10. The van der Waals surface area contributed by atoms with Gasteiger partial charge in [-0.2, -0.15) is 4.31 Å². The maximum Gasteiger partial charge on any atom is 0.331 e. The van der Waals surface area contributed by atoms with E-state index in [1.165, 1.54) is 20.2 Å². The molecule has 0 bridgehead atoms. The molecule has 134 valence electrons. The van der Waals surface area contributed by atoms with Gasteiger partial charge in [0.25, 0.3) is 10.0 Å². The number of hydrogen-bond donors (Lipinski definition) is 1. The van der Waals surface area contributed by atoms with Crippen molar-refractivity contribution in [2.24, 2.45) is 0 Å². The summed E-state index contributed by atoms with van der Waals surface area (Å²) in [5.41, 5.74) is -1.04. The lowest BCUT2D eigenvalue weighted by atomic mass is 9.81. The van der Waals surface area contributed by atoms with Crippen LogP contribution in [-0.2, 0) is 24.3 Å². The zero-order chi connectivity index (χ0) is 17.8. The van der Waals surface area contributed by atoms with Crippen molar-refractivity contribution >= 4 is 33.2 Å². The molecule has 0 saturated heterocycles. The highest BCUT2D eigenvalue weighted by Gasteiger charge is 2.42. The van der Waals surface area contributed by atoms with Gasteiger partial charge in [0, 0.05) is 7.05 Å². The third kappa shape index (κ3) is 3.96. The number of carbonyl (C=O) groups excluding carboxylic acids is 2. The molecule has 0 radical (unpaired) electrons. The highest BCUT2D eigenvalue weighted by atomic mass is 32.2. The molecular formula is C15H22N2O5S2. The van der Waals surface area contributed by atoms with Gasteiger partial charge < -0.3 is 10.1 Å². The van der Waals surface area contributed by atoms with Crippen molar-refractivity contribution in [1.82, 2.24) is 9.62 Å². The molecule has 1 amide bonds. The quantitative estimate of drug-likeness (QED) is 0.759. The van der Waals surface area contributed by atoms with Crippen LogP contribution in [-0.4, -0.2) is 50.8 Å². The molecule has 1 heterocycles. The van der Waals surface area contributed by atoms with Crippen molar-refractivity contribution in [2.75, 3.05) is 20.7 Å². The lowest BCUT2D eigenvalue weighted by Crippen LogP contribution is -2.57. The van der Waals surface area contributed by atoms with Gasteiger partial charge >= 0.3 is 5.97 Å². The number of ether oxygens (including phenoxy) is 1. The first-order chi connectivity index (χ1) is 11.3. The highest BCUT2D eigenvalue weighted by molar-refractivity contribution is 7.91. The minimum atomic E-state index is -3.70. The molecule has 0 unspecified atom stereocenters. The summed E-state index contributed by atoms with van der Waals surface area (Å²) >= 11 is 1.09. The van der Waals surface area contributed by atoms with E-state index >= 15 is 0 Å². The molecule has 2 rings (SSSR count). The lowest BCUT2D eigenvalue weighted by molar-refractivity contribution is -0.152. The molecule has 1 fully saturated rings. The molecule has 1 aliphatic carbocycles. The first-order valence-corrected chi connectivity index (χ1v) is 10.0. The van der Waals surface area contributed by atoms with Crippen molar-refractivity contribution in [3.8, 4) is 0 Å². The van der Waals surface area contributed by atoms with Gasteiger partial charge in [-0.1, -0.05) is 25.3 Å². The topological polar surface area (TPSA) is 92.8 Å². The summed E-state index contributed by atoms with van der Waals surface area (Å²) in [6, 6.07) is 3.13. The third-order valence-corrected chi connectivity index (χ3v) is 7.36. The van der Waals surface area contributed by atoms with Crippen LogP contribution >= 0.6 is 11.3 Å². The summed E-state index contributed by atoms with van der Waals surface area (Å²) in [4.78, 5) is 24.5. The minimum absolute atomic E-state index is 0.179. The number of methoxy groups -OCH3 is 1. The van der Waals surface area contributed by atoms with Crippen molar-refractivity contribution in [3.63, 3.8) is 0 Å². The number of esters is 1. The Morgan fingerprint density at radius 1 is 1.33 bits per heavy atom. The van der Waals surface area contributed by atoms with Crippen LogP contribution in [0.25, 0.3) is 0 Å². The Labute approximate surface area is 146 Å². The fourth-order valence-electron chi connectivity index (χ4n) is 2.89. The first kappa shape index (κ1) is 18.9. The standard InChI is InChI=1S/C15H22N2O5S2/c1-17(24(20,21)13-7-6-10-23-13)11-12(18)16-15(14(19)22-2)8-4-3-5-9-15/h6-7,10H,3-5,8-9,11H2,1-2H3,(H,16,18). The fraction of sp³-hybridized carbons (Fsp3) is 0.600. The van der Waals surface area contributed by atoms with E-state index in [-0.39, 0.29) is 10.8 Å². The van der Waals surface area contributed by atoms with Crippen LogP contribution in [0.3, 0.4) is 0 Å². The van der Waals surface area contributed by atoms with Crippen LogP contribution in [0.2, 0.25) is 0 Å². The average Bonchev–Trinajstić information content (AvgIpc) is 3.09. The van der Waals surface area contributed by atoms with Crippen LogP contribution in [0.1, 0.15) is 32.1 Å². The minimum Gasteiger partial charge on any atom is -0.467 e. The molecule has 1 saturated carbocycles. The Kier molecular flexibility index (Phi) is 6.00. The van der Waals surface area contributed by atoms with Crippen molar-refractivity contribution in [2.45, 2.75) is 41.9 Å². The molecule has 7 nitrogen and oxygen atoms in total. The largest absolute Gasteiger partial charge is 0.467 e. The monoisotopic (exact) mass is 374 g/mol. The molecule has 0 aromatic carbocycles. The molecule has 1 aromatic heterocycles. The zero-order valence-corrected chi connectivity index (χ0v) is 15.4. The maximum atomic E-state index is 12.4. The molecule has 0 aliphatic heterocycles. The molecule has 1 aromatic rings. The number of likely N-dealkylation sites (N-methyl/N-ethyl adjacent to an activating group) is 1. The second-order valence-electron chi connectivity index (χ2n) is 5.88. The van der Waals surface area contributed by atoms with E-state index in [2.05, 4.69) is 5.32 Å². The Hall–Kier alpha value is -1.45. The number of hydrogen-bond acceptors (Lipinski definition) is 6. The second kappa shape index (κ2) is 7.62. The Balaban J connectivity index is 2.07. The van der Waals surface area contributed by atoms with Crippen LogP contribution in [0.15, 0.2) is 21.7 Å². The maximum absolute atomic E-state index is 12.4. The number of amides is 1. The van der Waals surface area contributed by atoms with Gasteiger partial charge in [-0.25, -0.2) is 13.2 Å². The van der Waals surface area contributed by atoms with E-state index in [1.807, 2.05) is 0 Å². The van der Waals surface area contributed by atoms with Gasteiger partial charge in [-0.3, -0.25) is 4.79 Å². The SMILES string of the molecule is COC(=O)C1(NC(=O)CN(C)S(=O)(=O)c2cccs2)CCCCC1. The smallest absolute Gasteiger partial charge is 0.331 e. The van der Waals surface area contributed by atoms with E-state index < -0.39 is 27.4 Å². The molecule has 0 atom stereocenters. The Morgan fingerprint density at radius 3 is 2.54 bits per heavy atom. The van der Waals surface area contributed by atoms with E-state index in [4.69, 9.17) is 4.74 Å². The van der Waals surface area contributed by atoms with Crippen molar-refractivity contribution in [1.29, 1.82) is 0 Å². The van der Waals surface area contributed by atoms with Gasteiger partial charge in [0.1, 0.15) is 9.75 Å². The number of nitrogens with one attached hydrogen (secondary N) is 1. The van der Waals surface area contributed by atoms with Crippen molar-refractivity contribution in [3.05, 3.63) is 17.5 Å². The normalized spacial score (nSPS) is 17.5. The Morgan fingerprint density at radius 2 is 2.00 bits per heavy atom. The van der Waals surface area contributed by atoms with E-state index in [1.54, 1.807) is 11.4 Å². The number of thiophene rings is 1. The summed E-state index contributed by atoms with van der Waals surface area (Å²) in [5.74, 6) is -0.982. The highest BCUT2D eigenvalue weighted by Crippen LogP contribution is 2.29. The lowest BCUT2D eigenvalue weighted by Gasteiger charge is -2.35. The molecule has 24 heavy (non-hydrogen) atoms. The molecule has 1 N–H and O–H groups in total. The van der Waals surface area contributed by atoms with Gasteiger partial charge in [-0.05, 0) is 24.3 Å². The zero-order valence-electron chi connectivity index (χ0n) is 13.8. The summed E-state index contributed by atoms with van der Waals surface area (Å²) in [6.45, 7) is -0.348. The van der Waals surface area contributed by atoms with Gasteiger partial charge in [0.15, 0.2) is 0 Å². The van der Waals surface area contributed by atoms with E-state index in [9.17, 15) is 18.0 Å². The Bertz CT molecular complexity index is 679. The van der Waals surface area contributed by atoms with Crippen LogP contribution in [0.4, 0.5) is 0 Å². The van der Waals surface area contributed by atoms with Crippen molar-refractivity contribution < 1.29 is 22.7 Å². The van der Waals surface area contributed by atoms with Crippen LogP contribution < -0.4 is 5.32 Å². The molecular weight excluding hydrogens is 352 g/mol. The number of sulfonamides is 1. The average molecular weight is 374 g/mol.